The molecule has 1 amide bonds. The second-order valence-corrected chi connectivity index (χ2v) is 8.23. The molecular weight excluding hydrogens is 324 g/mol. The zero-order valence-corrected chi connectivity index (χ0v) is 15.3. The SMILES string of the molecule is CN(C(=O)CN(CCC1=CCCCC1)S(C)(=O)=O)c1ccccc1. The molecule has 0 bridgehead atoms. The molecule has 132 valence electrons. The molecule has 0 saturated heterocycles. The summed E-state index contributed by atoms with van der Waals surface area (Å²) in [5.41, 5.74) is 2.06. The number of likely N-dealkylation sites (N-methyl/N-ethyl adjacent to an activating group) is 1. The van der Waals surface area contributed by atoms with E-state index >= 15 is 0 Å². The number of carbonyl (C=O) groups excluding carboxylic acids is 1. The molecule has 0 heterocycles. The van der Waals surface area contributed by atoms with Crippen LogP contribution in [0.3, 0.4) is 0 Å². The van der Waals surface area contributed by atoms with Crippen LogP contribution in [-0.4, -0.2) is 45.0 Å². The van der Waals surface area contributed by atoms with E-state index in [1.54, 1.807) is 7.05 Å². The monoisotopic (exact) mass is 350 g/mol. The van der Waals surface area contributed by atoms with E-state index in [1.165, 1.54) is 27.6 Å². The summed E-state index contributed by atoms with van der Waals surface area (Å²) in [6.45, 7) is 0.233. The van der Waals surface area contributed by atoms with E-state index < -0.39 is 10.0 Å². The largest absolute Gasteiger partial charge is 0.314 e. The Morgan fingerprint density at radius 3 is 2.46 bits per heavy atom. The van der Waals surface area contributed by atoms with Crippen LogP contribution >= 0.6 is 0 Å². The molecule has 6 heteroatoms. The Morgan fingerprint density at radius 1 is 1.17 bits per heavy atom. The van der Waals surface area contributed by atoms with Crippen molar-refractivity contribution in [3.63, 3.8) is 0 Å². The number of carbonyl (C=O) groups is 1. The molecule has 0 fully saturated rings. The fraction of sp³-hybridized carbons (Fsp3) is 0.500. The molecule has 0 aromatic heterocycles. The number of para-hydroxylation sites is 1. The second kappa shape index (κ2) is 8.44. The Hall–Kier alpha value is -1.66. The van der Waals surface area contributed by atoms with Crippen LogP contribution in [0.1, 0.15) is 32.1 Å². The lowest BCUT2D eigenvalue weighted by Crippen LogP contribution is -2.41. The maximum absolute atomic E-state index is 12.5. The van der Waals surface area contributed by atoms with Gasteiger partial charge in [-0.2, -0.15) is 4.31 Å². The van der Waals surface area contributed by atoms with Crippen LogP contribution in [-0.2, 0) is 14.8 Å². The molecule has 0 unspecified atom stereocenters. The Labute approximate surface area is 145 Å². The summed E-state index contributed by atoms with van der Waals surface area (Å²) in [5, 5.41) is 0. The maximum Gasteiger partial charge on any atom is 0.242 e. The zero-order valence-electron chi connectivity index (χ0n) is 14.4. The van der Waals surface area contributed by atoms with Crippen LogP contribution in [0.4, 0.5) is 5.69 Å². The zero-order chi connectivity index (χ0) is 17.6. The standard InChI is InChI=1S/C18H26N2O3S/c1-19(17-11-7-4-8-12-17)18(21)15-20(24(2,22)23)14-13-16-9-5-3-6-10-16/h4,7-9,11-12H,3,5-6,10,13-15H2,1-2H3. The molecule has 2 rings (SSSR count). The third-order valence-corrected chi connectivity index (χ3v) is 5.62. The van der Waals surface area contributed by atoms with Gasteiger partial charge in [-0.05, 0) is 44.2 Å². The van der Waals surface area contributed by atoms with Gasteiger partial charge in [0.2, 0.25) is 15.9 Å². The van der Waals surface area contributed by atoms with E-state index in [9.17, 15) is 13.2 Å². The number of rotatable bonds is 7. The van der Waals surface area contributed by atoms with Gasteiger partial charge in [0, 0.05) is 19.3 Å². The predicted molar refractivity (Wildman–Crippen MR) is 97.4 cm³/mol. The lowest BCUT2D eigenvalue weighted by molar-refractivity contribution is -0.118. The van der Waals surface area contributed by atoms with Crippen LogP contribution in [0, 0.1) is 0 Å². The van der Waals surface area contributed by atoms with Crippen LogP contribution in [0.25, 0.3) is 0 Å². The van der Waals surface area contributed by atoms with Gasteiger partial charge >= 0.3 is 0 Å². The minimum atomic E-state index is -3.42. The topological polar surface area (TPSA) is 57.7 Å². The van der Waals surface area contributed by atoms with Crippen LogP contribution in [0.2, 0.25) is 0 Å². The predicted octanol–water partition coefficient (Wildman–Crippen LogP) is 2.80. The van der Waals surface area contributed by atoms with Gasteiger partial charge in [-0.3, -0.25) is 4.79 Å². The van der Waals surface area contributed by atoms with Crippen molar-refractivity contribution >= 4 is 21.6 Å². The molecule has 0 atom stereocenters. The average Bonchev–Trinajstić information content (AvgIpc) is 2.58. The van der Waals surface area contributed by atoms with Crippen molar-refractivity contribution in [1.29, 1.82) is 0 Å². The number of benzene rings is 1. The molecule has 1 aromatic carbocycles. The molecule has 1 aliphatic carbocycles. The van der Waals surface area contributed by atoms with E-state index in [0.717, 1.165) is 24.8 Å². The third-order valence-electron chi connectivity index (χ3n) is 4.37. The van der Waals surface area contributed by atoms with Gasteiger partial charge in [-0.25, -0.2) is 8.42 Å². The second-order valence-electron chi connectivity index (χ2n) is 6.24. The Bertz CT molecular complexity index is 683. The third kappa shape index (κ3) is 5.46. The highest BCUT2D eigenvalue weighted by molar-refractivity contribution is 7.88. The number of allylic oxidation sites excluding steroid dienone is 1. The fourth-order valence-electron chi connectivity index (χ4n) is 2.81. The lowest BCUT2D eigenvalue weighted by atomic mass is 9.97. The van der Waals surface area contributed by atoms with Gasteiger partial charge in [-0.1, -0.05) is 29.8 Å². The van der Waals surface area contributed by atoms with Gasteiger partial charge in [0.25, 0.3) is 0 Å². The number of nitrogens with zero attached hydrogens (tertiary/aromatic N) is 2. The molecule has 0 spiro atoms. The van der Waals surface area contributed by atoms with Gasteiger partial charge < -0.3 is 4.90 Å². The molecule has 0 saturated carbocycles. The molecule has 0 N–H and O–H groups in total. The first-order valence-electron chi connectivity index (χ1n) is 8.32. The van der Waals surface area contributed by atoms with Crippen molar-refractivity contribution in [2.45, 2.75) is 32.1 Å². The van der Waals surface area contributed by atoms with Crippen molar-refractivity contribution in [2.24, 2.45) is 0 Å². The minimum Gasteiger partial charge on any atom is -0.314 e. The number of anilines is 1. The summed E-state index contributed by atoms with van der Waals surface area (Å²) < 4.78 is 25.4. The van der Waals surface area contributed by atoms with Gasteiger partial charge in [0.05, 0.1) is 12.8 Å². The number of hydrogen-bond acceptors (Lipinski definition) is 3. The molecule has 1 aromatic rings. The molecule has 5 nitrogen and oxygen atoms in total. The number of hydrogen-bond donors (Lipinski definition) is 0. The smallest absolute Gasteiger partial charge is 0.242 e. The summed E-state index contributed by atoms with van der Waals surface area (Å²) in [6.07, 6.45) is 8.56. The number of sulfonamides is 1. The highest BCUT2D eigenvalue weighted by atomic mass is 32.2. The van der Waals surface area contributed by atoms with Gasteiger partial charge in [0.15, 0.2) is 0 Å². The normalized spacial score (nSPS) is 15.2. The Morgan fingerprint density at radius 2 is 1.88 bits per heavy atom. The number of amides is 1. The summed E-state index contributed by atoms with van der Waals surface area (Å²) >= 11 is 0. The summed E-state index contributed by atoms with van der Waals surface area (Å²) in [7, 11) is -1.75. The highest BCUT2D eigenvalue weighted by Crippen LogP contribution is 2.21. The first-order chi connectivity index (χ1) is 11.4. The van der Waals surface area contributed by atoms with Crippen molar-refractivity contribution < 1.29 is 13.2 Å². The minimum absolute atomic E-state index is 0.127. The first kappa shape index (κ1) is 18.7. The molecule has 0 radical (unpaired) electrons. The molecule has 1 aliphatic rings. The van der Waals surface area contributed by atoms with Crippen LogP contribution in [0.15, 0.2) is 42.0 Å². The van der Waals surface area contributed by atoms with Crippen LogP contribution < -0.4 is 4.90 Å². The summed E-state index contributed by atoms with van der Waals surface area (Å²) in [6, 6.07) is 9.24. The van der Waals surface area contributed by atoms with E-state index in [4.69, 9.17) is 0 Å². The van der Waals surface area contributed by atoms with Crippen molar-refractivity contribution in [3.8, 4) is 0 Å². The van der Waals surface area contributed by atoms with Crippen molar-refractivity contribution in [2.75, 3.05) is 31.3 Å². The van der Waals surface area contributed by atoms with E-state index in [0.29, 0.717) is 13.0 Å². The molecular formula is C18H26N2O3S. The average molecular weight is 350 g/mol. The Balaban J connectivity index is 2.00. The molecule has 0 aliphatic heterocycles. The quantitative estimate of drug-likeness (QED) is 0.711. The first-order valence-corrected chi connectivity index (χ1v) is 10.2. The van der Waals surface area contributed by atoms with E-state index in [2.05, 4.69) is 6.08 Å². The molecule has 24 heavy (non-hydrogen) atoms. The summed E-state index contributed by atoms with van der Waals surface area (Å²) in [5.74, 6) is -0.232. The van der Waals surface area contributed by atoms with Gasteiger partial charge in [-0.15, -0.1) is 0 Å². The fourth-order valence-corrected chi connectivity index (χ4v) is 3.58. The van der Waals surface area contributed by atoms with Crippen molar-refractivity contribution in [1.82, 2.24) is 4.31 Å². The van der Waals surface area contributed by atoms with E-state index in [1.807, 2.05) is 30.3 Å². The summed E-state index contributed by atoms with van der Waals surface area (Å²) in [4.78, 5) is 14.0. The highest BCUT2D eigenvalue weighted by Gasteiger charge is 2.23. The van der Waals surface area contributed by atoms with Crippen molar-refractivity contribution in [3.05, 3.63) is 42.0 Å². The lowest BCUT2D eigenvalue weighted by Gasteiger charge is -2.24. The Kier molecular flexibility index (Phi) is 6.57. The maximum atomic E-state index is 12.5. The van der Waals surface area contributed by atoms with E-state index in [-0.39, 0.29) is 12.5 Å². The van der Waals surface area contributed by atoms with Crippen LogP contribution in [0.5, 0.6) is 0 Å². The van der Waals surface area contributed by atoms with Gasteiger partial charge in [0.1, 0.15) is 0 Å².